The number of carbonyl (C=O) groups is 2. The van der Waals surface area contributed by atoms with Gasteiger partial charge in [0.25, 0.3) is 0 Å². The van der Waals surface area contributed by atoms with E-state index in [1.807, 2.05) is 36.6 Å². The number of carboxylic acid groups (broad SMARTS) is 1. The van der Waals surface area contributed by atoms with E-state index in [-0.39, 0.29) is 6.42 Å². The molecule has 102 valence electrons. The van der Waals surface area contributed by atoms with Gasteiger partial charge >= 0.3 is 5.97 Å². The first-order chi connectivity index (χ1) is 9.00. The molecule has 0 saturated carbocycles. The van der Waals surface area contributed by atoms with E-state index < -0.39 is 17.3 Å². The average molecular weight is 279 g/mol. The Morgan fingerprint density at radius 3 is 2.53 bits per heavy atom. The molecular weight excluding hydrogens is 262 g/mol. The molecule has 0 bridgehead atoms. The summed E-state index contributed by atoms with van der Waals surface area (Å²) in [7, 11) is 0. The zero-order valence-electron chi connectivity index (χ0n) is 10.7. The summed E-state index contributed by atoms with van der Waals surface area (Å²) in [5, 5.41) is 9.14. The van der Waals surface area contributed by atoms with Crippen LogP contribution in [0.25, 0.3) is 6.08 Å². The minimum Gasteiger partial charge on any atom is -0.480 e. The molecule has 19 heavy (non-hydrogen) atoms. The van der Waals surface area contributed by atoms with Gasteiger partial charge in [-0.3, -0.25) is 4.79 Å². The van der Waals surface area contributed by atoms with Gasteiger partial charge in [0.2, 0.25) is 0 Å². The lowest BCUT2D eigenvalue weighted by Gasteiger charge is -2.20. The van der Waals surface area contributed by atoms with Gasteiger partial charge in [0.05, 0.1) is 0 Å². The summed E-state index contributed by atoms with van der Waals surface area (Å²) < 4.78 is 0. The fourth-order valence-electron chi connectivity index (χ4n) is 1.48. The second kappa shape index (κ2) is 7.11. The highest BCUT2D eigenvalue weighted by atomic mass is 32.2. The van der Waals surface area contributed by atoms with Crippen molar-refractivity contribution in [3.63, 3.8) is 0 Å². The van der Waals surface area contributed by atoms with Crippen LogP contribution in [0.5, 0.6) is 0 Å². The van der Waals surface area contributed by atoms with Crippen LogP contribution in [0.15, 0.2) is 36.4 Å². The van der Waals surface area contributed by atoms with Crippen molar-refractivity contribution in [2.24, 2.45) is 5.73 Å². The van der Waals surface area contributed by atoms with Gasteiger partial charge in [-0.2, -0.15) is 11.8 Å². The molecule has 0 aliphatic heterocycles. The number of thioether (sulfide) groups is 1. The molecule has 0 amide bonds. The standard InChI is InChI=1S/C14H17NO3S/c1-19-10-9-14(15,13(17)18)12(16)8-7-11-5-3-2-4-6-11/h2-8H,9-10,15H2,1H3,(H,17,18). The van der Waals surface area contributed by atoms with Crippen molar-refractivity contribution in [3.05, 3.63) is 42.0 Å². The minimum atomic E-state index is -1.84. The molecule has 1 unspecified atom stereocenters. The Labute approximate surface area is 116 Å². The highest BCUT2D eigenvalue weighted by molar-refractivity contribution is 7.98. The largest absolute Gasteiger partial charge is 0.480 e. The van der Waals surface area contributed by atoms with E-state index in [2.05, 4.69) is 0 Å². The van der Waals surface area contributed by atoms with E-state index in [0.717, 1.165) is 5.56 Å². The molecule has 0 fully saturated rings. The maximum atomic E-state index is 12.0. The summed E-state index contributed by atoms with van der Waals surface area (Å²) in [6.45, 7) is 0. The van der Waals surface area contributed by atoms with Gasteiger partial charge in [0.1, 0.15) is 0 Å². The van der Waals surface area contributed by atoms with Gasteiger partial charge in [-0.1, -0.05) is 36.4 Å². The highest BCUT2D eigenvalue weighted by Gasteiger charge is 2.39. The topological polar surface area (TPSA) is 80.4 Å². The molecule has 4 nitrogen and oxygen atoms in total. The molecule has 1 atom stereocenters. The molecule has 1 rings (SSSR count). The number of nitrogens with two attached hydrogens (primary N) is 1. The first-order valence-corrected chi connectivity index (χ1v) is 7.19. The SMILES string of the molecule is CSCCC(N)(C(=O)O)C(=O)C=Cc1ccccc1. The van der Waals surface area contributed by atoms with E-state index in [4.69, 9.17) is 10.8 Å². The Balaban J connectivity index is 2.84. The molecule has 0 aromatic heterocycles. The number of carbonyl (C=O) groups excluding carboxylic acids is 1. The highest BCUT2D eigenvalue weighted by Crippen LogP contribution is 2.14. The van der Waals surface area contributed by atoms with Crippen LogP contribution in [0.1, 0.15) is 12.0 Å². The molecule has 0 spiro atoms. The summed E-state index contributed by atoms with van der Waals surface area (Å²) in [4.78, 5) is 23.2. The molecule has 0 heterocycles. The Morgan fingerprint density at radius 2 is 2.00 bits per heavy atom. The summed E-state index contributed by atoms with van der Waals surface area (Å²) >= 11 is 1.46. The van der Waals surface area contributed by atoms with Crippen molar-refractivity contribution in [1.82, 2.24) is 0 Å². The van der Waals surface area contributed by atoms with Gasteiger partial charge in [-0.25, -0.2) is 4.79 Å². The molecule has 0 aliphatic rings. The quantitative estimate of drug-likeness (QED) is 0.587. The van der Waals surface area contributed by atoms with E-state index in [9.17, 15) is 9.59 Å². The first-order valence-electron chi connectivity index (χ1n) is 5.79. The third kappa shape index (κ3) is 4.22. The van der Waals surface area contributed by atoms with Gasteiger partial charge < -0.3 is 10.8 Å². The number of ketones is 1. The molecule has 0 saturated heterocycles. The summed E-state index contributed by atoms with van der Waals surface area (Å²) in [5.74, 6) is -1.35. The number of hydrogen-bond acceptors (Lipinski definition) is 4. The van der Waals surface area contributed by atoms with Crippen molar-refractivity contribution < 1.29 is 14.7 Å². The number of benzene rings is 1. The Hall–Kier alpha value is -1.59. The lowest BCUT2D eigenvalue weighted by atomic mass is 9.91. The normalized spacial score (nSPS) is 14.2. The van der Waals surface area contributed by atoms with Crippen LogP contribution >= 0.6 is 11.8 Å². The molecule has 3 N–H and O–H groups in total. The van der Waals surface area contributed by atoms with Crippen LogP contribution in [0.4, 0.5) is 0 Å². The molecule has 1 aromatic rings. The second-order valence-corrected chi connectivity index (χ2v) is 5.11. The molecule has 5 heteroatoms. The zero-order valence-corrected chi connectivity index (χ0v) is 11.5. The van der Waals surface area contributed by atoms with Gasteiger partial charge in [0.15, 0.2) is 11.3 Å². The van der Waals surface area contributed by atoms with Gasteiger partial charge in [-0.05, 0) is 30.1 Å². The average Bonchev–Trinajstić information content (AvgIpc) is 2.42. The van der Waals surface area contributed by atoms with Crippen LogP contribution in [-0.4, -0.2) is 34.4 Å². The van der Waals surface area contributed by atoms with Crippen LogP contribution in [0, 0.1) is 0 Å². The van der Waals surface area contributed by atoms with Crippen LogP contribution < -0.4 is 5.73 Å². The third-order valence-corrected chi connectivity index (χ3v) is 3.36. The summed E-state index contributed by atoms with van der Waals surface area (Å²) in [5.41, 5.74) is 4.71. The van der Waals surface area contributed by atoms with Crippen molar-refractivity contribution in [1.29, 1.82) is 0 Å². The number of rotatable bonds is 7. The number of aliphatic carboxylic acids is 1. The van der Waals surface area contributed by atoms with Gasteiger partial charge in [-0.15, -0.1) is 0 Å². The predicted molar refractivity (Wildman–Crippen MR) is 78.0 cm³/mol. The first kappa shape index (κ1) is 15.5. The smallest absolute Gasteiger partial charge is 0.331 e. The maximum absolute atomic E-state index is 12.0. The Kier molecular flexibility index (Phi) is 5.79. The van der Waals surface area contributed by atoms with Crippen molar-refractivity contribution in [2.45, 2.75) is 12.0 Å². The van der Waals surface area contributed by atoms with Crippen LogP contribution in [-0.2, 0) is 9.59 Å². The second-order valence-electron chi connectivity index (χ2n) is 4.13. The Bertz CT molecular complexity index is 473. The van der Waals surface area contributed by atoms with Crippen LogP contribution in [0.3, 0.4) is 0 Å². The van der Waals surface area contributed by atoms with Crippen molar-refractivity contribution in [3.8, 4) is 0 Å². The Morgan fingerprint density at radius 1 is 1.37 bits per heavy atom. The fourth-order valence-corrected chi connectivity index (χ4v) is 2.01. The summed E-state index contributed by atoms with van der Waals surface area (Å²) in [6.07, 6.45) is 4.77. The lowest BCUT2D eigenvalue weighted by Crippen LogP contribution is -2.54. The van der Waals surface area contributed by atoms with E-state index in [1.165, 1.54) is 17.8 Å². The lowest BCUT2D eigenvalue weighted by molar-refractivity contribution is -0.147. The zero-order chi connectivity index (χ0) is 14.3. The van der Waals surface area contributed by atoms with Crippen molar-refractivity contribution >= 4 is 29.6 Å². The van der Waals surface area contributed by atoms with E-state index >= 15 is 0 Å². The monoisotopic (exact) mass is 279 g/mol. The van der Waals surface area contributed by atoms with Crippen molar-refractivity contribution in [2.75, 3.05) is 12.0 Å². The molecule has 1 aromatic carbocycles. The third-order valence-electron chi connectivity index (χ3n) is 2.75. The fraction of sp³-hybridized carbons (Fsp3) is 0.286. The maximum Gasteiger partial charge on any atom is 0.331 e. The van der Waals surface area contributed by atoms with E-state index in [0.29, 0.717) is 5.75 Å². The van der Waals surface area contributed by atoms with Gasteiger partial charge in [0, 0.05) is 0 Å². The number of carboxylic acids is 1. The molecule has 0 aliphatic carbocycles. The van der Waals surface area contributed by atoms with Crippen LogP contribution in [0.2, 0.25) is 0 Å². The minimum absolute atomic E-state index is 0.113. The summed E-state index contributed by atoms with van der Waals surface area (Å²) in [6, 6.07) is 9.19. The molecule has 0 radical (unpaired) electrons. The number of hydrogen-bond donors (Lipinski definition) is 2. The molecular formula is C14H17NO3S. The van der Waals surface area contributed by atoms with E-state index in [1.54, 1.807) is 6.08 Å². The predicted octanol–water partition coefficient (Wildman–Crippen LogP) is 1.80.